The first kappa shape index (κ1) is 17.2. The van der Waals surface area contributed by atoms with Crippen LogP contribution in [0.2, 0.25) is 0 Å². The molecular weight excluding hydrogens is 334 g/mol. The Kier molecular flexibility index (Phi) is 4.83. The fraction of sp³-hybridized carbons (Fsp3) is 0.227. The van der Waals surface area contributed by atoms with E-state index < -0.39 is 0 Å². The standard InChI is InChI=1S/C22H25N5/c1-15-7-8-19-17(13-25-21(19)11-15)9-10-24-22(23-2)26-14-18-12-16-5-3-4-6-20(16)27-18/h3-8,11-13,25,27H,9-10,14H2,1-2H3,(H2,23,24,26). The van der Waals surface area contributed by atoms with E-state index in [9.17, 15) is 0 Å². The minimum Gasteiger partial charge on any atom is -0.361 e. The molecule has 0 aliphatic carbocycles. The van der Waals surface area contributed by atoms with Gasteiger partial charge in [0.15, 0.2) is 5.96 Å². The number of rotatable bonds is 5. The topological polar surface area (TPSA) is 68.0 Å². The Morgan fingerprint density at radius 1 is 1.04 bits per heavy atom. The van der Waals surface area contributed by atoms with Gasteiger partial charge in [-0.05, 0) is 48.1 Å². The van der Waals surface area contributed by atoms with Crippen molar-refractivity contribution in [3.05, 3.63) is 71.5 Å². The van der Waals surface area contributed by atoms with Crippen LogP contribution in [-0.4, -0.2) is 29.5 Å². The highest BCUT2D eigenvalue weighted by Gasteiger charge is 2.05. The third-order valence-electron chi connectivity index (χ3n) is 4.87. The monoisotopic (exact) mass is 359 g/mol. The van der Waals surface area contributed by atoms with Gasteiger partial charge in [-0.3, -0.25) is 4.99 Å². The smallest absolute Gasteiger partial charge is 0.191 e. The number of aromatic amines is 2. The van der Waals surface area contributed by atoms with Gasteiger partial charge in [0.05, 0.1) is 6.54 Å². The number of aromatic nitrogens is 2. The summed E-state index contributed by atoms with van der Waals surface area (Å²) in [6, 6.07) is 17.0. The summed E-state index contributed by atoms with van der Waals surface area (Å²) in [6.45, 7) is 3.65. The lowest BCUT2D eigenvalue weighted by molar-refractivity contribution is 0.789. The quantitative estimate of drug-likeness (QED) is 0.323. The number of aryl methyl sites for hydroxylation is 1. The number of para-hydroxylation sites is 1. The van der Waals surface area contributed by atoms with E-state index in [0.717, 1.165) is 30.1 Å². The van der Waals surface area contributed by atoms with Crippen LogP contribution < -0.4 is 10.6 Å². The highest BCUT2D eigenvalue weighted by molar-refractivity contribution is 5.84. The fourth-order valence-corrected chi connectivity index (χ4v) is 3.45. The number of guanidine groups is 1. The average molecular weight is 359 g/mol. The van der Waals surface area contributed by atoms with Crippen molar-refractivity contribution >= 4 is 27.8 Å². The Bertz CT molecular complexity index is 1050. The zero-order chi connectivity index (χ0) is 18.6. The van der Waals surface area contributed by atoms with Crippen LogP contribution in [0, 0.1) is 6.92 Å². The van der Waals surface area contributed by atoms with Gasteiger partial charge in [-0.15, -0.1) is 0 Å². The average Bonchev–Trinajstić information content (AvgIpc) is 3.27. The third-order valence-corrected chi connectivity index (χ3v) is 4.87. The molecule has 138 valence electrons. The molecule has 0 aliphatic heterocycles. The number of hydrogen-bond acceptors (Lipinski definition) is 1. The van der Waals surface area contributed by atoms with Crippen LogP contribution in [0.15, 0.2) is 59.7 Å². The maximum Gasteiger partial charge on any atom is 0.191 e. The first-order chi connectivity index (χ1) is 13.2. The normalized spacial score (nSPS) is 12.0. The molecule has 0 aliphatic rings. The number of nitrogens with one attached hydrogen (secondary N) is 4. The van der Waals surface area contributed by atoms with E-state index >= 15 is 0 Å². The van der Waals surface area contributed by atoms with E-state index in [0.29, 0.717) is 6.54 Å². The predicted octanol–water partition coefficient (Wildman–Crippen LogP) is 3.87. The molecular formula is C22H25N5. The molecule has 0 spiro atoms. The highest BCUT2D eigenvalue weighted by Crippen LogP contribution is 2.19. The van der Waals surface area contributed by atoms with Crippen LogP contribution in [0.25, 0.3) is 21.8 Å². The van der Waals surface area contributed by atoms with Crippen molar-refractivity contribution in [3.63, 3.8) is 0 Å². The molecule has 0 amide bonds. The van der Waals surface area contributed by atoms with Crippen molar-refractivity contribution in [3.8, 4) is 0 Å². The van der Waals surface area contributed by atoms with Crippen LogP contribution >= 0.6 is 0 Å². The first-order valence-electron chi connectivity index (χ1n) is 9.31. The second-order valence-electron chi connectivity index (χ2n) is 6.85. The van der Waals surface area contributed by atoms with E-state index in [4.69, 9.17) is 0 Å². The Hall–Kier alpha value is -3.21. The maximum absolute atomic E-state index is 4.32. The van der Waals surface area contributed by atoms with Gasteiger partial charge in [-0.25, -0.2) is 0 Å². The second kappa shape index (κ2) is 7.58. The Balaban J connectivity index is 1.32. The summed E-state index contributed by atoms with van der Waals surface area (Å²) in [5.41, 5.74) is 6.10. The van der Waals surface area contributed by atoms with E-state index in [1.165, 1.54) is 27.4 Å². The number of aliphatic imine (C=N–C) groups is 1. The molecule has 5 nitrogen and oxygen atoms in total. The van der Waals surface area contributed by atoms with Gasteiger partial charge in [0.1, 0.15) is 0 Å². The molecule has 0 unspecified atom stereocenters. The molecule has 0 radical (unpaired) electrons. The second-order valence-corrected chi connectivity index (χ2v) is 6.85. The van der Waals surface area contributed by atoms with Crippen molar-refractivity contribution in [1.82, 2.24) is 20.6 Å². The van der Waals surface area contributed by atoms with Gasteiger partial charge in [0, 0.05) is 41.9 Å². The van der Waals surface area contributed by atoms with E-state index in [-0.39, 0.29) is 0 Å². The zero-order valence-electron chi connectivity index (χ0n) is 15.8. The lowest BCUT2D eigenvalue weighted by Gasteiger charge is -2.11. The van der Waals surface area contributed by atoms with Gasteiger partial charge in [0.2, 0.25) is 0 Å². The molecule has 0 atom stereocenters. The Labute approximate surface area is 158 Å². The Morgan fingerprint density at radius 3 is 2.78 bits per heavy atom. The molecule has 4 aromatic rings. The molecule has 0 saturated heterocycles. The van der Waals surface area contributed by atoms with Crippen LogP contribution in [-0.2, 0) is 13.0 Å². The fourth-order valence-electron chi connectivity index (χ4n) is 3.45. The molecule has 4 N–H and O–H groups in total. The summed E-state index contributed by atoms with van der Waals surface area (Å²) in [5.74, 6) is 0.810. The lowest BCUT2D eigenvalue weighted by atomic mass is 10.1. The molecule has 2 heterocycles. The van der Waals surface area contributed by atoms with Crippen molar-refractivity contribution in [2.75, 3.05) is 13.6 Å². The van der Waals surface area contributed by atoms with E-state index in [2.05, 4.69) is 81.2 Å². The van der Waals surface area contributed by atoms with E-state index in [1.54, 1.807) is 7.05 Å². The molecule has 2 aromatic carbocycles. The van der Waals surface area contributed by atoms with Gasteiger partial charge in [-0.1, -0.05) is 30.3 Å². The minimum absolute atomic E-state index is 0.709. The number of fused-ring (bicyclic) bond motifs is 2. The summed E-state index contributed by atoms with van der Waals surface area (Å²) in [4.78, 5) is 11.1. The summed E-state index contributed by atoms with van der Waals surface area (Å²) in [7, 11) is 1.80. The van der Waals surface area contributed by atoms with Crippen LogP contribution in [0.3, 0.4) is 0 Å². The molecule has 2 aromatic heterocycles. The zero-order valence-corrected chi connectivity index (χ0v) is 15.8. The predicted molar refractivity (Wildman–Crippen MR) is 113 cm³/mol. The number of H-pyrrole nitrogens is 2. The Morgan fingerprint density at radius 2 is 1.93 bits per heavy atom. The van der Waals surface area contributed by atoms with Crippen molar-refractivity contribution in [2.45, 2.75) is 19.9 Å². The number of benzene rings is 2. The summed E-state index contributed by atoms with van der Waals surface area (Å²) in [6.07, 6.45) is 3.04. The van der Waals surface area contributed by atoms with Crippen LogP contribution in [0.4, 0.5) is 0 Å². The largest absolute Gasteiger partial charge is 0.361 e. The molecule has 27 heavy (non-hydrogen) atoms. The molecule has 0 saturated carbocycles. The number of hydrogen-bond donors (Lipinski definition) is 4. The van der Waals surface area contributed by atoms with Crippen LogP contribution in [0.1, 0.15) is 16.8 Å². The van der Waals surface area contributed by atoms with Gasteiger partial charge < -0.3 is 20.6 Å². The summed E-state index contributed by atoms with van der Waals surface area (Å²) in [5, 5.41) is 9.29. The van der Waals surface area contributed by atoms with Gasteiger partial charge in [0.25, 0.3) is 0 Å². The molecule has 5 heteroatoms. The maximum atomic E-state index is 4.32. The lowest BCUT2D eigenvalue weighted by Crippen LogP contribution is -2.37. The summed E-state index contributed by atoms with van der Waals surface area (Å²) < 4.78 is 0. The van der Waals surface area contributed by atoms with Gasteiger partial charge >= 0.3 is 0 Å². The minimum atomic E-state index is 0.709. The summed E-state index contributed by atoms with van der Waals surface area (Å²) >= 11 is 0. The molecule has 0 bridgehead atoms. The number of nitrogens with zero attached hydrogens (tertiary/aromatic N) is 1. The van der Waals surface area contributed by atoms with Crippen molar-refractivity contribution < 1.29 is 0 Å². The first-order valence-corrected chi connectivity index (χ1v) is 9.31. The van der Waals surface area contributed by atoms with Crippen molar-refractivity contribution in [1.29, 1.82) is 0 Å². The van der Waals surface area contributed by atoms with Crippen LogP contribution in [0.5, 0.6) is 0 Å². The molecule has 0 fully saturated rings. The molecule has 4 rings (SSSR count). The van der Waals surface area contributed by atoms with E-state index in [1.807, 2.05) is 6.07 Å². The van der Waals surface area contributed by atoms with Crippen molar-refractivity contribution in [2.24, 2.45) is 4.99 Å². The highest BCUT2D eigenvalue weighted by atomic mass is 15.2. The third kappa shape index (κ3) is 3.82. The van der Waals surface area contributed by atoms with Gasteiger partial charge in [-0.2, -0.15) is 0 Å². The SMILES string of the molecule is CN=C(NCCc1c[nH]c2cc(C)ccc12)NCc1cc2ccccc2[nH]1.